The molecule has 0 unspecified atom stereocenters. The lowest BCUT2D eigenvalue weighted by Gasteiger charge is -2.15. The van der Waals surface area contributed by atoms with Crippen molar-refractivity contribution in [2.45, 2.75) is 0 Å². The molecule has 6 aliphatic rings. The molecular formula is C84H46N4O8. The van der Waals surface area contributed by atoms with Gasteiger partial charge in [-0.05, 0) is 117 Å². The largest absolute Gasteiger partial charge is 0.354 e. The maximum absolute atomic E-state index is 14.0. The second-order valence-electron chi connectivity index (χ2n) is 24.0. The van der Waals surface area contributed by atoms with Gasteiger partial charge in [0.25, 0.3) is 0 Å². The Labute approximate surface area is 547 Å². The number of benzene rings is 8. The van der Waals surface area contributed by atoms with E-state index in [-0.39, 0.29) is 68.6 Å². The molecule has 0 amide bonds. The molecule has 2 N–H and O–H groups in total. The van der Waals surface area contributed by atoms with Crippen LogP contribution in [0.5, 0.6) is 0 Å². The fraction of sp³-hybridized carbons (Fsp3) is 0. The summed E-state index contributed by atoms with van der Waals surface area (Å²) in [6.45, 7) is 0. The predicted molar refractivity (Wildman–Crippen MR) is 373 cm³/mol. The van der Waals surface area contributed by atoms with Gasteiger partial charge >= 0.3 is 0 Å². The molecule has 2 aliphatic heterocycles. The summed E-state index contributed by atoms with van der Waals surface area (Å²) in [7, 11) is 0. The molecule has 3 aromatic heterocycles. The van der Waals surface area contributed by atoms with Crippen LogP contribution in [0.4, 0.5) is 0 Å². The maximum Gasteiger partial charge on any atom is 0.194 e. The Balaban J connectivity index is 0.883. The van der Waals surface area contributed by atoms with Gasteiger partial charge < -0.3 is 9.97 Å². The monoisotopic (exact) mass is 1240 g/mol. The number of carbonyl (C=O) groups excluding carboxylic acids is 8. The molecule has 4 aliphatic carbocycles. The van der Waals surface area contributed by atoms with Crippen molar-refractivity contribution in [1.82, 2.24) is 19.9 Å². The van der Waals surface area contributed by atoms with Crippen molar-refractivity contribution < 1.29 is 38.4 Å². The molecule has 12 heteroatoms. The maximum atomic E-state index is 14.0. The van der Waals surface area contributed by atoms with E-state index in [1.807, 2.05) is 146 Å². The van der Waals surface area contributed by atoms with E-state index >= 15 is 0 Å². The number of aromatic nitrogens is 4. The summed E-state index contributed by atoms with van der Waals surface area (Å²) in [5.41, 5.74) is 16.9. The first-order valence-corrected chi connectivity index (χ1v) is 31.1. The van der Waals surface area contributed by atoms with E-state index < -0.39 is 0 Å². The van der Waals surface area contributed by atoms with Gasteiger partial charge in [-0.15, -0.1) is 0 Å². The quantitative estimate of drug-likeness (QED) is 0.148. The highest BCUT2D eigenvalue weighted by Crippen LogP contribution is 2.42. The Kier molecular flexibility index (Phi) is 13.1. The minimum absolute atomic E-state index is 0.254. The lowest BCUT2D eigenvalue weighted by Crippen LogP contribution is -2.15. The van der Waals surface area contributed by atoms with E-state index in [1.54, 1.807) is 97.1 Å². The van der Waals surface area contributed by atoms with Crippen molar-refractivity contribution in [3.63, 3.8) is 0 Å². The Morgan fingerprint density at radius 2 is 0.396 bits per heavy atom. The van der Waals surface area contributed by atoms with Crippen molar-refractivity contribution in [2.75, 3.05) is 0 Å². The second-order valence-corrected chi connectivity index (χ2v) is 24.0. The van der Waals surface area contributed by atoms with Crippen molar-refractivity contribution in [2.24, 2.45) is 0 Å². The number of ketones is 8. The van der Waals surface area contributed by atoms with Gasteiger partial charge in [0.2, 0.25) is 0 Å². The van der Waals surface area contributed by atoms with Crippen LogP contribution in [0.3, 0.4) is 0 Å². The fourth-order valence-electron chi connectivity index (χ4n) is 13.8. The molecule has 17 rings (SSSR count). The Hall–Kier alpha value is -13.3. The number of hydrogen-bond acceptors (Lipinski definition) is 10. The fourth-order valence-corrected chi connectivity index (χ4v) is 13.8. The number of fused-ring (bicyclic) bond motifs is 12. The van der Waals surface area contributed by atoms with E-state index in [1.165, 1.54) is 24.3 Å². The van der Waals surface area contributed by atoms with Crippen molar-refractivity contribution in [3.05, 3.63) is 332 Å². The number of hydrogen-bond donors (Lipinski definition) is 2. The van der Waals surface area contributed by atoms with Gasteiger partial charge in [-0.1, -0.05) is 194 Å². The zero-order chi connectivity index (χ0) is 65.0. The SMILES string of the molecule is O=C1C=C(c2ccc(-c3c4nc(c(-c5ccc(C6=CC(=O)c7ccccc7C6=O)cc5)c5ccc([nH]5)c(-c5ccc(C6=CC(=O)c7ccccc7C6=O)cc5)c5nc(c(-c6ccc(C7=CC(=O)c8ccccc8C7=O)cc6)c6ccc3[nH]6)C=C5)C=C4)cc2)C(=O)c2ccccc21. The summed E-state index contributed by atoms with van der Waals surface area (Å²) in [6, 6.07) is 65.1. The first-order chi connectivity index (χ1) is 46.9. The molecule has 0 saturated carbocycles. The third-order valence-electron chi connectivity index (χ3n) is 18.5. The van der Waals surface area contributed by atoms with Gasteiger partial charge in [0.05, 0.1) is 22.8 Å². The van der Waals surface area contributed by atoms with Crippen LogP contribution in [-0.2, 0) is 0 Å². The number of allylic oxidation sites excluding steroid dienone is 8. The molecule has 0 spiro atoms. The number of aromatic amines is 2. The lowest BCUT2D eigenvalue weighted by atomic mass is 9.86. The van der Waals surface area contributed by atoms with Gasteiger partial charge in [0.15, 0.2) is 46.3 Å². The van der Waals surface area contributed by atoms with Gasteiger partial charge in [-0.2, -0.15) is 0 Å². The normalized spacial score (nSPS) is 14.6. The minimum Gasteiger partial charge on any atom is -0.354 e. The first kappa shape index (κ1) is 56.6. The molecular weight excluding hydrogens is 1190 g/mol. The molecule has 0 atom stereocenters. The number of H-pyrrole nitrogens is 2. The zero-order valence-electron chi connectivity index (χ0n) is 50.6. The molecule has 12 nitrogen and oxygen atoms in total. The summed E-state index contributed by atoms with van der Waals surface area (Å²) < 4.78 is 0. The second kappa shape index (κ2) is 22.2. The Morgan fingerprint density at radius 1 is 0.208 bits per heavy atom. The molecule has 8 aromatic carbocycles. The average Bonchev–Trinajstić information content (AvgIpc) is 1.53. The number of Topliss-reactive ketones (excluding diaryl/α,β-unsaturated/α-hetero) is 4. The summed E-state index contributed by atoms with van der Waals surface area (Å²) in [4.78, 5) is 128. The van der Waals surface area contributed by atoms with Crippen LogP contribution in [0, 0.1) is 0 Å². The third-order valence-corrected chi connectivity index (χ3v) is 18.5. The van der Waals surface area contributed by atoms with Gasteiger partial charge in [0.1, 0.15) is 0 Å². The van der Waals surface area contributed by atoms with E-state index in [4.69, 9.17) is 9.97 Å². The van der Waals surface area contributed by atoms with Crippen LogP contribution in [0.1, 0.15) is 128 Å². The molecule has 0 saturated heterocycles. The number of carbonyl (C=O) groups is 8. The van der Waals surface area contributed by atoms with Crippen LogP contribution in [0.15, 0.2) is 243 Å². The minimum atomic E-state index is -0.255. The van der Waals surface area contributed by atoms with E-state index in [2.05, 4.69) is 9.97 Å². The van der Waals surface area contributed by atoms with Crippen molar-refractivity contribution >= 4 is 115 Å². The third kappa shape index (κ3) is 9.30. The van der Waals surface area contributed by atoms with E-state index in [0.29, 0.717) is 134 Å². The average molecular weight is 1240 g/mol. The number of nitrogens with zero attached hydrogens (tertiary/aromatic N) is 2. The van der Waals surface area contributed by atoms with Crippen LogP contribution < -0.4 is 0 Å². The molecule has 11 aromatic rings. The summed E-state index contributed by atoms with van der Waals surface area (Å²) in [5.74, 6) is -2.04. The summed E-state index contributed by atoms with van der Waals surface area (Å²) in [5, 5.41) is 0. The molecule has 0 fully saturated rings. The Bertz CT molecular complexity index is 5120. The van der Waals surface area contributed by atoms with Crippen LogP contribution in [0.25, 0.3) is 113 Å². The van der Waals surface area contributed by atoms with Gasteiger partial charge in [-0.3, -0.25) is 38.4 Å². The molecule has 8 bridgehead atoms. The predicted octanol–water partition coefficient (Wildman–Crippen LogP) is 17.2. The topological polar surface area (TPSA) is 194 Å². The molecule has 5 heterocycles. The van der Waals surface area contributed by atoms with Gasteiger partial charge in [0, 0.05) is 111 Å². The Morgan fingerprint density at radius 3 is 0.604 bits per heavy atom. The zero-order valence-corrected chi connectivity index (χ0v) is 50.6. The molecule has 96 heavy (non-hydrogen) atoms. The van der Waals surface area contributed by atoms with Crippen molar-refractivity contribution in [3.8, 4) is 44.5 Å². The van der Waals surface area contributed by atoms with Crippen LogP contribution in [0.2, 0.25) is 0 Å². The standard InChI is InChI=1S/C84H46N4O8/c89-73-41-61(81(93)57-13-5-1-9-53(57)73)45-17-25-49(26-18-45)77-65-33-35-67(85-65)78(50-27-19-46(20-28-50)62-42-74(90)54-10-2-6-14-58(54)82(62)94)69-37-39-71(87-69)80(52-31-23-48(24-32-52)64-44-76(92)56-12-4-8-16-60(56)84(64)96)72-40-38-70(88-72)79(68-36-34-66(77)86-68)51-29-21-47(22-30-51)63-43-75(91)55-11-3-7-15-59(55)83(63)95/h1-44,85,88H. The number of nitrogens with one attached hydrogen (secondary N) is 2. The summed E-state index contributed by atoms with van der Waals surface area (Å²) in [6.07, 6.45) is 13.4. The molecule has 450 valence electrons. The summed E-state index contributed by atoms with van der Waals surface area (Å²) >= 11 is 0. The smallest absolute Gasteiger partial charge is 0.194 e. The lowest BCUT2D eigenvalue weighted by molar-refractivity contribution is 0.100. The first-order valence-electron chi connectivity index (χ1n) is 31.1. The number of rotatable bonds is 8. The van der Waals surface area contributed by atoms with Crippen LogP contribution >= 0.6 is 0 Å². The highest BCUT2D eigenvalue weighted by molar-refractivity contribution is 6.41. The highest BCUT2D eigenvalue weighted by atomic mass is 16.2. The molecule has 0 radical (unpaired) electrons. The highest BCUT2D eigenvalue weighted by Gasteiger charge is 2.31. The van der Waals surface area contributed by atoms with Gasteiger partial charge in [-0.25, -0.2) is 9.97 Å². The van der Waals surface area contributed by atoms with E-state index in [9.17, 15) is 38.4 Å². The van der Waals surface area contributed by atoms with Crippen molar-refractivity contribution in [1.29, 1.82) is 0 Å². The van der Waals surface area contributed by atoms with E-state index in [0.717, 1.165) is 22.3 Å². The van der Waals surface area contributed by atoms with Crippen LogP contribution in [-0.4, -0.2) is 66.2 Å².